The molecule has 1 rings (SSSR count). The summed E-state index contributed by atoms with van der Waals surface area (Å²) < 4.78 is 0. The highest BCUT2D eigenvalue weighted by atomic mass is 14.3. The molecule has 0 aliphatic heterocycles. The molecule has 2 unspecified atom stereocenters. The highest BCUT2D eigenvalue weighted by molar-refractivity contribution is 5.35. The van der Waals surface area contributed by atoms with E-state index >= 15 is 0 Å². The topological polar surface area (TPSA) is 47.6 Å². The van der Waals surface area contributed by atoms with Crippen LogP contribution < -0.4 is 0 Å². The Morgan fingerprint density at radius 3 is 2.38 bits per heavy atom. The van der Waals surface area contributed by atoms with Crippen LogP contribution in [0.2, 0.25) is 0 Å². The summed E-state index contributed by atoms with van der Waals surface area (Å²) >= 11 is 0. The maximum absolute atomic E-state index is 8.60. The molecule has 0 N–H and O–H groups in total. The van der Waals surface area contributed by atoms with Gasteiger partial charge in [-0.1, -0.05) is 32.3 Å². The Morgan fingerprint density at radius 2 is 1.85 bits per heavy atom. The molecule has 0 heterocycles. The first kappa shape index (κ1) is 9.81. The van der Waals surface area contributed by atoms with Crippen molar-refractivity contribution in [2.24, 2.45) is 11.8 Å². The third kappa shape index (κ3) is 2.60. The normalized spacial score (nSPS) is 27.0. The molecule has 2 nitrogen and oxygen atoms in total. The third-order valence-electron chi connectivity index (χ3n) is 2.80. The van der Waals surface area contributed by atoms with Crippen LogP contribution in [-0.4, -0.2) is 0 Å². The van der Waals surface area contributed by atoms with Gasteiger partial charge in [0.2, 0.25) is 0 Å². The van der Waals surface area contributed by atoms with Crippen LogP contribution in [0.5, 0.6) is 0 Å². The number of allylic oxidation sites excluding steroid dienone is 2. The Hall–Kier alpha value is -1.28. The van der Waals surface area contributed by atoms with Gasteiger partial charge in [-0.2, -0.15) is 10.5 Å². The van der Waals surface area contributed by atoms with E-state index in [1.165, 1.54) is 19.3 Å². The van der Waals surface area contributed by atoms with Crippen LogP contribution in [0.25, 0.3) is 0 Å². The second-order valence-electron chi connectivity index (χ2n) is 3.73. The zero-order valence-corrected chi connectivity index (χ0v) is 7.95. The van der Waals surface area contributed by atoms with Crippen LogP contribution >= 0.6 is 0 Å². The fourth-order valence-electron chi connectivity index (χ4n) is 1.91. The van der Waals surface area contributed by atoms with E-state index in [0.717, 1.165) is 6.42 Å². The van der Waals surface area contributed by atoms with E-state index in [0.29, 0.717) is 11.8 Å². The molecule has 1 fully saturated rings. The predicted octanol–water partition coefficient (Wildman–Crippen LogP) is 2.79. The first-order chi connectivity index (χ1) is 6.27. The van der Waals surface area contributed by atoms with Crippen molar-refractivity contribution in [3.8, 4) is 12.1 Å². The molecule has 0 spiro atoms. The molecule has 0 aromatic heterocycles. The van der Waals surface area contributed by atoms with Gasteiger partial charge >= 0.3 is 0 Å². The van der Waals surface area contributed by atoms with Crippen molar-refractivity contribution in [2.75, 3.05) is 0 Å². The lowest BCUT2D eigenvalue weighted by atomic mass is 9.80. The van der Waals surface area contributed by atoms with Crippen molar-refractivity contribution in [1.29, 1.82) is 10.5 Å². The first-order valence-electron chi connectivity index (χ1n) is 4.80. The van der Waals surface area contributed by atoms with Gasteiger partial charge in [-0.05, 0) is 18.3 Å². The minimum atomic E-state index is 0.277. The Balaban J connectivity index is 2.67. The second kappa shape index (κ2) is 4.67. The van der Waals surface area contributed by atoms with Crippen molar-refractivity contribution in [3.63, 3.8) is 0 Å². The molecule has 0 radical (unpaired) electrons. The highest BCUT2D eigenvalue weighted by Gasteiger charge is 2.19. The van der Waals surface area contributed by atoms with Crippen molar-refractivity contribution >= 4 is 0 Å². The van der Waals surface area contributed by atoms with Crippen molar-refractivity contribution in [1.82, 2.24) is 0 Å². The SMILES string of the molecule is CC1CCCCC1C=C(C#N)C#N. The maximum Gasteiger partial charge on any atom is 0.125 e. The van der Waals surface area contributed by atoms with Crippen LogP contribution in [0.15, 0.2) is 11.6 Å². The minimum Gasteiger partial charge on any atom is -0.192 e. The van der Waals surface area contributed by atoms with Crippen LogP contribution in [0.1, 0.15) is 32.6 Å². The molecule has 0 saturated heterocycles. The first-order valence-corrected chi connectivity index (χ1v) is 4.80. The van der Waals surface area contributed by atoms with Gasteiger partial charge in [0.05, 0.1) is 0 Å². The van der Waals surface area contributed by atoms with Crippen LogP contribution in [0, 0.1) is 34.5 Å². The molecular formula is C11H14N2. The number of rotatable bonds is 1. The van der Waals surface area contributed by atoms with E-state index in [2.05, 4.69) is 6.92 Å². The van der Waals surface area contributed by atoms with Crippen LogP contribution in [0.4, 0.5) is 0 Å². The second-order valence-corrected chi connectivity index (χ2v) is 3.73. The molecule has 0 bridgehead atoms. The standard InChI is InChI=1S/C11H14N2/c1-9-4-2-3-5-11(9)6-10(7-12)8-13/h6,9,11H,2-5H2,1H3. The lowest BCUT2D eigenvalue weighted by molar-refractivity contribution is 0.306. The zero-order chi connectivity index (χ0) is 9.68. The van der Waals surface area contributed by atoms with Crippen molar-refractivity contribution in [3.05, 3.63) is 11.6 Å². The Labute approximate surface area is 79.5 Å². The summed E-state index contributed by atoms with van der Waals surface area (Å²) in [7, 11) is 0. The van der Waals surface area contributed by atoms with Gasteiger partial charge in [-0.15, -0.1) is 0 Å². The van der Waals surface area contributed by atoms with Crippen LogP contribution in [0.3, 0.4) is 0 Å². The molecule has 68 valence electrons. The smallest absolute Gasteiger partial charge is 0.125 e. The number of hydrogen-bond donors (Lipinski definition) is 0. The molecule has 1 aliphatic carbocycles. The number of hydrogen-bond acceptors (Lipinski definition) is 2. The average Bonchev–Trinajstić information content (AvgIpc) is 2.17. The monoisotopic (exact) mass is 174 g/mol. The molecule has 0 aromatic carbocycles. The summed E-state index contributed by atoms with van der Waals surface area (Å²) in [5.74, 6) is 1.08. The molecular weight excluding hydrogens is 160 g/mol. The number of nitrogens with zero attached hydrogens (tertiary/aromatic N) is 2. The summed E-state index contributed by atoms with van der Waals surface area (Å²) in [6.45, 7) is 2.20. The lowest BCUT2D eigenvalue weighted by Gasteiger charge is -2.25. The molecule has 2 heteroatoms. The van der Waals surface area contributed by atoms with E-state index in [1.807, 2.05) is 18.2 Å². The van der Waals surface area contributed by atoms with Crippen LogP contribution in [-0.2, 0) is 0 Å². The lowest BCUT2D eigenvalue weighted by Crippen LogP contribution is -2.14. The quantitative estimate of drug-likeness (QED) is 0.574. The minimum absolute atomic E-state index is 0.277. The van der Waals surface area contributed by atoms with Gasteiger partial charge in [-0.3, -0.25) is 0 Å². The summed E-state index contributed by atoms with van der Waals surface area (Å²) in [6, 6.07) is 3.84. The van der Waals surface area contributed by atoms with E-state index in [-0.39, 0.29) is 5.57 Å². The summed E-state index contributed by atoms with van der Waals surface area (Å²) in [4.78, 5) is 0. The third-order valence-corrected chi connectivity index (χ3v) is 2.80. The molecule has 13 heavy (non-hydrogen) atoms. The summed E-state index contributed by atoms with van der Waals surface area (Å²) in [5.41, 5.74) is 0.277. The molecule has 0 amide bonds. The van der Waals surface area contributed by atoms with Gasteiger partial charge in [-0.25, -0.2) is 0 Å². The molecule has 0 aromatic rings. The zero-order valence-electron chi connectivity index (χ0n) is 7.95. The van der Waals surface area contributed by atoms with Gasteiger partial charge in [0, 0.05) is 0 Å². The summed E-state index contributed by atoms with van der Waals surface area (Å²) in [5, 5.41) is 17.2. The Morgan fingerprint density at radius 1 is 1.23 bits per heavy atom. The predicted molar refractivity (Wildman–Crippen MR) is 50.4 cm³/mol. The molecule has 2 atom stereocenters. The Bertz CT molecular complexity index is 261. The van der Waals surface area contributed by atoms with E-state index < -0.39 is 0 Å². The van der Waals surface area contributed by atoms with Crippen molar-refractivity contribution < 1.29 is 0 Å². The van der Waals surface area contributed by atoms with Gasteiger partial charge in [0.1, 0.15) is 17.7 Å². The van der Waals surface area contributed by atoms with Gasteiger partial charge in [0.25, 0.3) is 0 Å². The fraction of sp³-hybridized carbons (Fsp3) is 0.636. The van der Waals surface area contributed by atoms with Gasteiger partial charge < -0.3 is 0 Å². The average molecular weight is 174 g/mol. The largest absolute Gasteiger partial charge is 0.192 e. The Kier molecular flexibility index (Phi) is 3.53. The molecule has 1 saturated carbocycles. The van der Waals surface area contributed by atoms with E-state index in [9.17, 15) is 0 Å². The van der Waals surface area contributed by atoms with Crippen molar-refractivity contribution in [2.45, 2.75) is 32.6 Å². The number of nitriles is 2. The highest BCUT2D eigenvalue weighted by Crippen LogP contribution is 2.30. The fourth-order valence-corrected chi connectivity index (χ4v) is 1.91. The molecule has 1 aliphatic rings. The van der Waals surface area contributed by atoms with Gasteiger partial charge in [0.15, 0.2) is 0 Å². The van der Waals surface area contributed by atoms with E-state index in [1.54, 1.807) is 0 Å². The summed E-state index contributed by atoms with van der Waals surface area (Å²) in [6.07, 6.45) is 6.73. The maximum atomic E-state index is 8.60. The van der Waals surface area contributed by atoms with E-state index in [4.69, 9.17) is 10.5 Å².